The Balaban J connectivity index is 1.84. The van der Waals surface area contributed by atoms with E-state index in [9.17, 15) is 10.2 Å². The summed E-state index contributed by atoms with van der Waals surface area (Å²) in [6.45, 7) is 1.01. The molecule has 2 heterocycles. The maximum atomic E-state index is 10.4. The number of ether oxygens (including phenoxy) is 1. The standard InChI is InChI=1S/C17H19NO3/c1-18-7-6-17-10-3-5-13(20)16(17)21-15-12(19)4-2-9(14(15)17)8-11(10)18/h2-5,10-11,13,16,19-20H,6-8H2,1H3/t10-,11+,13-,16-,17+/m0/s1. The smallest absolute Gasteiger partial charge is 0.165 e. The third-order valence-electron chi connectivity index (χ3n) is 6.15. The second-order valence-corrected chi connectivity index (χ2v) is 6.93. The molecule has 110 valence electrons. The van der Waals surface area contributed by atoms with Gasteiger partial charge in [-0.2, -0.15) is 0 Å². The van der Waals surface area contributed by atoms with E-state index in [1.807, 2.05) is 12.1 Å². The van der Waals surface area contributed by atoms with Crippen LogP contribution in [0.1, 0.15) is 17.5 Å². The second kappa shape index (κ2) is 3.62. The zero-order valence-electron chi connectivity index (χ0n) is 12.0. The van der Waals surface area contributed by atoms with Crippen LogP contribution in [-0.4, -0.2) is 47.0 Å². The lowest BCUT2D eigenvalue weighted by Crippen LogP contribution is -2.64. The number of likely N-dealkylation sites (tertiary alicyclic amines) is 1. The first kappa shape index (κ1) is 12.1. The molecule has 4 aliphatic rings. The number of aliphatic hydroxyl groups is 1. The Kier molecular flexibility index (Phi) is 2.08. The molecule has 2 aliphatic heterocycles. The normalized spacial score (nSPS) is 42.6. The van der Waals surface area contributed by atoms with Gasteiger partial charge in [0.1, 0.15) is 12.2 Å². The van der Waals surface area contributed by atoms with E-state index in [1.165, 1.54) is 11.1 Å². The Bertz CT molecular complexity index is 670. The molecule has 5 rings (SSSR count). The summed E-state index contributed by atoms with van der Waals surface area (Å²) in [5.41, 5.74) is 2.29. The highest BCUT2D eigenvalue weighted by molar-refractivity contribution is 5.61. The van der Waals surface area contributed by atoms with E-state index in [0.29, 0.717) is 17.7 Å². The van der Waals surface area contributed by atoms with Crippen molar-refractivity contribution in [2.75, 3.05) is 13.6 Å². The van der Waals surface area contributed by atoms with Crippen molar-refractivity contribution in [2.24, 2.45) is 5.92 Å². The molecule has 0 amide bonds. The first-order valence-corrected chi connectivity index (χ1v) is 7.71. The molecule has 4 nitrogen and oxygen atoms in total. The number of aromatic hydroxyl groups is 1. The van der Waals surface area contributed by atoms with Gasteiger partial charge in [0.15, 0.2) is 11.5 Å². The molecular weight excluding hydrogens is 266 g/mol. The van der Waals surface area contributed by atoms with Gasteiger partial charge in [0, 0.05) is 22.9 Å². The Labute approximate surface area is 123 Å². The van der Waals surface area contributed by atoms with Gasteiger partial charge >= 0.3 is 0 Å². The molecule has 2 N–H and O–H groups in total. The number of piperidine rings is 1. The first-order valence-electron chi connectivity index (χ1n) is 7.71. The number of benzene rings is 1. The molecule has 5 atom stereocenters. The number of aliphatic hydroxyl groups excluding tert-OH is 1. The van der Waals surface area contributed by atoms with Crippen molar-refractivity contribution in [3.63, 3.8) is 0 Å². The van der Waals surface area contributed by atoms with E-state index in [2.05, 4.69) is 18.0 Å². The quantitative estimate of drug-likeness (QED) is 0.703. The number of phenolic OH excluding ortho intramolecular Hbond substituents is 1. The second-order valence-electron chi connectivity index (χ2n) is 6.93. The number of likely N-dealkylation sites (N-methyl/N-ethyl adjacent to an activating group) is 1. The molecule has 1 aromatic carbocycles. The molecule has 0 saturated carbocycles. The van der Waals surface area contributed by atoms with Gasteiger partial charge < -0.3 is 19.8 Å². The van der Waals surface area contributed by atoms with Crippen molar-refractivity contribution >= 4 is 0 Å². The molecule has 0 unspecified atom stereocenters. The Hall–Kier alpha value is -1.52. The fourth-order valence-electron chi connectivity index (χ4n) is 5.24. The highest BCUT2D eigenvalue weighted by Gasteiger charge is 2.64. The van der Waals surface area contributed by atoms with Gasteiger partial charge in [-0.25, -0.2) is 0 Å². The molecule has 2 aliphatic carbocycles. The highest BCUT2D eigenvalue weighted by atomic mass is 16.5. The van der Waals surface area contributed by atoms with E-state index in [4.69, 9.17) is 4.74 Å². The van der Waals surface area contributed by atoms with E-state index in [1.54, 1.807) is 6.07 Å². The lowest BCUT2D eigenvalue weighted by molar-refractivity contribution is -0.0453. The minimum absolute atomic E-state index is 0.160. The van der Waals surface area contributed by atoms with Crippen LogP contribution in [0.15, 0.2) is 24.3 Å². The fourth-order valence-corrected chi connectivity index (χ4v) is 5.24. The van der Waals surface area contributed by atoms with Crippen LogP contribution >= 0.6 is 0 Å². The molecular formula is C17H19NO3. The molecule has 1 aromatic rings. The lowest BCUT2D eigenvalue weighted by atomic mass is 9.53. The van der Waals surface area contributed by atoms with Crippen LogP contribution in [0.5, 0.6) is 11.5 Å². The molecule has 21 heavy (non-hydrogen) atoms. The predicted molar refractivity (Wildman–Crippen MR) is 77.6 cm³/mol. The summed E-state index contributed by atoms with van der Waals surface area (Å²) in [7, 11) is 2.19. The topological polar surface area (TPSA) is 52.9 Å². The van der Waals surface area contributed by atoms with Gasteiger partial charge in [0.25, 0.3) is 0 Å². The van der Waals surface area contributed by atoms with Gasteiger partial charge in [-0.3, -0.25) is 0 Å². The van der Waals surface area contributed by atoms with Crippen molar-refractivity contribution in [1.29, 1.82) is 0 Å². The SMILES string of the molecule is CN1CC[C@@]23c4c5ccc(O)c4O[C@H]2[C@@H](O)C=C[C@H]3[C@H]1C5. The average molecular weight is 285 g/mol. The molecule has 1 saturated heterocycles. The Morgan fingerprint density at radius 2 is 2.19 bits per heavy atom. The lowest BCUT2D eigenvalue weighted by Gasteiger charge is -2.56. The molecule has 2 bridgehead atoms. The van der Waals surface area contributed by atoms with Gasteiger partial charge in [0.2, 0.25) is 0 Å². The fraction of sp³-hybridized carbons (Fsp3) is 0.529. The van der Waals surface area contributed by atoms with Gasteiger partial charge in [-0.05, 0) is 38.1 Å². The number of nitrogens with zero attached hydrogens (tertiary/aromatic N) is 1. The van der Waals surface area contributed by atoms with Crippen LogP contribution in [0.3, 0.4) is 0 Å². The maximum Gasteiger partial charge on any atom is 0.165 e. The number of hydrogen-bond acceptors (Lipinski definition) is 4. The molecule has 1 spiro atoms. The van der Waals surface area contributed by atoms with E-state index in [-0.39, 0.29) is 17.3 Å². The number of hydrogen-bond donors (Lipinski definition) is 2. The summed E-state index contributed by atoms with van der Waals surface area (Å²) in [6.07, 6.45) is 5.18. The highest BCUT2D eigenvalue weighted by Crippen LogP contribution is 2.62. The summed E-state index contributed by atoms with van der Waals surface area (Å²) in [4.78, 5) is 2.43. The van der Waals surface area contributed by atoms with Gasteiger partial charge in [0.05, 0.1) is 0 Å². The van der Waals surface area contributed by atoms with Crippen LogP contribution in [0, 0.1) is 5.92 Å². The number of rotatable bonds is 0. The summed E-state index contributed by atoms with van der Waals surface area (Å²) in [5.74, 6) is 1.19. The molecule has 0 aromatic heterocycles. The predicted octanol–water partition coefficient (Wildman–Crippen LogP) is 1.20. The summed E-state index contributed by atoms with van der Waals surface area (Å²) >= 11 is 0. The van der Waals surface area contributed by atoms with Crippen molar-refractivity contribution < 1.29 is 14.9 Å². The Morgan fingerprint density at radius 3 is 3.05 bits per heavy atom. The first-order chi connectivity index (χ1) is 10.1. The van der Waals surface area contributed by atoms with Crippen molar-refractivity contribution in [2.45, 2.75) is 36.5 Å². The monoisotopic (exact) mass is 285 g/mol. The van der Waals surface area contributed by atoms with E-state index >= 15 is 0 Å². The van der Waals surface area contributed by atoms with Gasteiger partial charge in [-0.1, -0.05) is 18.2 Å². The summed E-state index contributed by atoms with van der Waals surface area (Å²) < 4.78 is 6.09. The van der Waals surface area contributed by atoms with Crippen molar-refractivity contribution in [3.05, 3.63) is 35.4 Å². The van der Waals surface area contributed by atoms with Crippen LogP contribution < -0.4 is 4.74 Å². The molecule has 1 fully saturated rings. The van der Waals surface area contributed by atoms with Crippen LogP contribution in [0.25, 0.3) is 0 Å². The summed E-state index contributed by atoms with van der Waals surface area (Å²) in [5, 5.41) is 20.6. The maximum absolute atomic E-state index is 10.4. The van der Waals surface area contributed by atoms with Crippen molar-refractivity contribution in [1.82, 2.24) is 4.90 Å². The van der Waals surface area contributed by atoms with E-state index < -0.39 is 6.10 Å². The zero-order chi connectivity index (χ0) is 14.4. The molecule has 4 heteroatoms. The van der Waals surface area contributed by atoms with Crippen LogP contribution in [0.2, 0.25) is 0 Å². The van der Waals surface area contributed by atoms with Crippen LogP contribution in [0.4, 0.5) is 0 Å². The third kappa shape index (κ3) is 1.21. The minimum Gasteiger partial charge on any atom is -0.504 e. The molecule has 0 radical (unpaired) electrons. The minimum atomic E-state index is -0.594. The van der Waals surface area contributed by atoms with Gasteiger partial charge in [-0.15, -0.1) is 0 Å². The largest absolute Gasteiger partial charge is 0.504 e. The average Bonchev–Trinajstić information content (AvgIpc) is 2.83. The number of phenols is 1. The van der Waals surface area contributed by atoms with E-state index in [0.717, 1.165) is 19.4 Å². The Morgan fingerprint density at radius 1 is 1.33 bits per heavy atom. The zero-order valence-corrected chi connectivity index (χ0v) is 12.0. The summed E-state index contributed by atoms with van der Waals surface area (Å²) in [6, 6.07) is 4.23. The van der Waals surface area contributed by atoms with Crippen molar-refractivity contribution in [3.8, 4) is 11.5 Å². The third-order valence-corrected chi connectivity index (χ3v) is 6.15. The van der Waals surface area contributed by atoms with Crippen LogP contribution in [-0.2, 0) is 11.8 Å².